The molecule has 3 N–H and O–H groups in total. The van der Waals surface area contributed by atoms with Crippen molar-refractivity contribution in [1.82, 2.24) is 5.32 Å². The van der Waals surface area contributed by atoms with E-state index in [-0.39, 0.29) is 11.3 Å². The van der Waals surface area contributed by atoms with Crippen LogP contribution in [0.1, 0.15) is 17.3 Å². The third-order valence-electron chi connectivity index (χ3n) is 3.08. The number of ether oxygens (including phenoxy) is 2. The van der Waals surface area contributed by atoms with E-state index in [0.717, 1.165) is 0 Å². The minimum atomic E-state index is -0.164. The molecule has 0 bridgehead atoms. The molecule has 0 unspecified atom stereocenters. The second kappa shape index (κ2) is 4.86. The second-order valence-electron chi connectivity index (χ2n) is 4.94. The van der Waals surface area contributed by atoms with Crippen LogP contribution in [0.2, 0.25) is 0 Å². The standard InChI is InChI=1S/C13H18N2O3/c1-13(7-18-8-13)6-15-12(16)10-4-3-9(17-2)5-11(10)14/h3-5H,6-8,14H2,1-2H3,(H,15,16). The monoisotopic (exact) mass is 250 g/mol. The third-order valence-corrected chi connectivity index (χ3v) is 3.08. The van der Waals surface area contributed by atoms with Gasteiger partial charge in [-0.3, -0.25) is 4.79 Å². The lowest BCUT2D eigenvalue weighted by molar-refractivity contribution is -0.0978. The van der Waals surface area contributed by atoms with E-state index < -0.39 is 0 Å². The fraction of sp³-hybridized carbons (Fsp3) is 0.462. The highest BCUT2D eigenvalue weighted by molar-refractivity contribution is 5.99. The molecule has 18 heavy (non-hydrogen) atoms. The lowest BCUT2D eigenvalue weighted by Gasteiger charge is -2.38. The fourth-order valence-corrected chi connectivity index (χ4v) is 1.82. The Morgan fingerprint density at radius 3 is 2.78 bits per heavy atom. The first kappa shape index (κ1) is 12.7. The molecule has 1 aliphatic rings. The predicted octanol–water partition coefficient (Wildman–Crippen LogP) is 1.04. The summed E-state index contributed by atoms with van der Waals surface area (Å²) in [4.78, 5) is 12.0. The molecule has 1 amide bonds. The molecule has 1 fully saturated rings. The maximum Gasteiger partial charge on any atom is 0.253 e. The van der Waals surface area contributed by atoms with Gasteiger partial charge >= 0.3 is 0 Å². The van der Waals surface area contributed by atoms with E-state index in [0.29, 0.717) is 36.8 Å². The van der Waals surface area contributed by atoms with Crippen molar-refractivity contribution in [3.8, 4) is 5.75 Å². The molecule has 1 aliphatic heterocycles. The van der Waals surface area contributed by atoms with Crippen molar-refractivity contribution in [2.45, 2.75) is 6.92 Å². The molecule has 0 saturated carbocycles. The van der Waals surface area contributed by atoms with E-state index in [2.05, 4.69) is 12.2 Å². The van der Waals surface area contributed by atoms with Crippen LogP contribution in [0, 0.1) is 5.41 Å². The van der Waals surface area contributed by atoms with Crippen molar-refractivity contribution >= 4 is 11.6 Å². The van der Waals surface area contributed by atoms with Crippen LogP contribution in [0.5, 0.6) is 5.75 Å². The molecule has 0 atom stereocenters. The van der Waals surface area contributed by atoms with E-state index in [1.165, 1.54) is 0 Å². The zero-order valence-corrected chi connectivity index (χ0v) is 10.7. The Bertz CT molecular complexity index is 456. The number of rotatable bonds is 4. The highest BCUT2D eigenvalue weighted by atomic mass is 16.5. The van der Waals surface area contributed by atoms with Crippen molar-refractivity contribution in [3.05, 3.63) is 23.8 Å². The average Bonchev–Trinajstić information content (AvgIpc) is 2.33. The summed E-state index contributed by atoms with van der Waals surface area (Å²) < 4.78 is 10.2. The Morgan fingerprint density at radius 2 is 2.28 bits per heavy atom. The average molecular weight is 250 g/mol. The summed E-state index contributed by atoms with van der Waals surface area (Å²) in [5.41, 5.74) is 6.76. The summed E-state index contributed by atoms with van der Waals surface area (Å²) in [6.45, 7) is 4.04. The van der Waals surface area contributed by atoms with Crippen molar-refractivity contribution in [1.29, 1.82) is 0 Å². The van der Waals surface area contributed by atoms with E-state index in [1.807, 2.05) is 0 Å². The summed E-state index contributed by atoms with van der Waals surface area (Å²) in [7, 11) is 1.56. The van der Waals surface area contributed by atoms with Crippen LogP contribution in [0.4, 0.5) is 5.69 Å². The van der Waals surface area contributed by atoms with Gasteiger partial charge in [0.1, 0.15) is 5.75 Å². The van der Waals surface area contributed by atoms with Gasteiger partial charge in [0.2, 0.25) is 0 Å². The van der Waals surface area contributed by atoms with E-state index in [1.54, 1.807) is 25.3 Å². The number of amides is 1. The largest absolute Gasteiger partial charge is 0.497 e. The number of methoxy groups -OCH3 is 1. The number of carbonyl (C=O) groups excluding carboxylic acids is 1. The Hall–Kier alpha value is -1.75. The first-order valence-electron chi connectivity index (χ1n) is 5.83. The van der Waals surface area contributed by atoms with Gasteiger partial charge in [0, 0.05) is 23.7 Å². The van der Waals surface area contributed by atoms with E-state index in [4.69, 9.17) is 15.2 Å². The molecule has 2 rings (SSSR count). The number of carbonyl (C=O) groups is 1. The zero-order chi connectivity index (χ0) is 13.2. The van der Waals surface area contributed by atoms with Gasteiger partial charge in [0.05, 0.1) is 25.9 Å². The summed E-state index contributed by atoms with van der Waals surface area (Å²) in [5.74, 6) is 0.478. The van der Waals surface area contributed by atoms with Crippen LogP contribution in [0.15, 0.2) is 18.2 Å². The first-order valence-corrected chi connectivity index (χ1v) is 5.83. The predicted molar refractivity (Wildman–Crippen MR) is 68.7 cm³/mol. The van der Waals surface area contributed by atoms with Crippen LogP contribution in [0.3, 0.4) is 0 Å². The van der Waals surface area contributed by atoms with Gasteiger partial charge in [0.25, 0.3) is 5.91 Å². The summed E-state index contributed by atoms with van der Waals surface area (Å²) >= 11 is 0. The van der Waals surface area contributed by atoms with Crippen LogP contribution in [-0.4, -0.2) is 32.8 Å². The zero-order valence-electron chi connectivity index (χ0n) is 10.7. The molecule has 5 nitrogen and oxygen atoms in total. The van der Waals surface area contributed by atoms with Crippen molar-refractivity contribution in [2.75, 3.05) is 32.6 Å². The molecule has 0 aromatic heterocycles. The highest BCUT2D eigenvalue weighted by Gasteiger charge is 2.33. The summed E-state index contributed by atoms with van der Waals surface area (Å²) in [6, 6.07) is 5.03. The van der Waals surface area contributed by atoms with Gasteiger partial charge in [-0.05, 0) is 12.1 Å². The molecule has 1 aromatic carbocycles. The molecule has 1 saturated heterocycles. The van der Waals surface area contributed by atoms with Crippen LogP contribution < -0.4 is 15.8 Å². The fourth-order valence-electron chi connectivity index (χ4n) is 1.82. The quantitative estimate of drug-likeness (QED) is 0.783. The number of nitrogen functional groups attached to an aromatic ring is 1. The molecule has 5 heteroatoms. The number of nitrogens with one attached hydrogen (secondary N) is 1. The van der Waals surface area contributed by atoms with Gasteiger partial charge in [-0.2, -0.15) is 0 Å². The lowest BCUT2D eigenvalue weighted by Crippen LogP contribution is -2.48. The lowest BCUT2D eigenvalue weighted by atomic mass is 9.88. The number of benzene rings is 1. The summed E-state index contributed by atoms with van der Waals surface area (Å²) in [6.07, 6.45) is 0. The molecule has 0 aliphatic carbocycles. The number of anilines is 1. The normalized spacial score (nSPS) is 16.8. The van der Waals surface area contributed by atoms with Gasteiger partial charge in [0.15, 0.2) is 0 Å². The molecule has 1 aromatic rings. The molecule has 1 heterocycles. The Balaban J connectivity index is 2.00. The highest BCUT2D eigenvalue weighted by Crippen LogP contribution is 2.25. The van der Waals surface area contributed by atoms with Crippen molar-refractivity contribution in [2.24, 2.45) is 5.41 Å². The van der Waals surface area contributed by atoms with E-state index >= 15 is 0 Å². The maximum atomic E-state index is 12.0. The molecular weight excluding hydrogens is 232 g/mol. The topological polar surface area (TPSA) is 73.6 Å². The SMILES string of the molecule is COc1ccc(C(=O)NCC2(C)COC2)c(N)c1. The Labute approximate surface area is 106 Å². The Kier molecular flexibility index (Phi) is 3.43. The minimum Gasteiger partial charge on any atom is -0.497 e. The minimum absolute atomic E-state index is 0.0525. The molecule has 98 valence electrons. The van der Waals surface area contributed by atoms with Gasteiger partial charge < -0.3 is 20.5 Å². The van der Waals surface area contributed by atoms with Gasteiger partial charge in [-0.1, -0.05) is 6.92 Å². The number of nitrogens with two attached hydrogens (primary N) is 1. The smallest absolute Gasteiger partial charge is 0.253 e. The number of hydrogen-bond donors (Lipinski definition) is 2. The van der Waals surface area contributed by atoms with E-state index in [9.17, 15) is 4.79 Å². The van der Waals surface area contributed by atoms with Gasteiger partial charge in [-0.25, -0.2) is 0 Å². The third kappa shape index (κ3) is 2.56. The van der Waals surface area contributed by atoms with Crippen LogP contribution in [-0.2, 0) is 4.74 Å². The summed E-state index contributed by atoms with van der Waals surface area (Å²) in [5, 5.41) is 2.88. The van der Waals surface area contributed by atoms with Crippen molar-refractivity contribution in [3.63, 3.8) is 0 Å². The second-order valence-corrected chi connectivity index (χ2v) is 4.94. The first-order chi connectivity index (χ1) is 8.54. The molecular formula is C13H18N2O3. The van der Waals surface area contributed by atoms with Crippen LogP contribution >= 0.6 is 0 Å². The maximum absolute atomic E-state index is 12.0. The molecule has 0 radical (unpaired) electrons. The van der Waals surface area contributed by atoms with Gasteiger partial charge in [-0.15, -0.1) is 0 Å². The Morgan fingerprint density at radius 1 is 1.56 bits per heavy atom. The van der Waals surface area contributed by atoms with Crippen LogP contribution in [0.25, 0.3) is 0 Å². The molecule has 0 spiro atoms. The number of hydrogen-bond acceptors (Lipinski definition) is 4. The van der Waals surface area contributed by atoms with Crippen molar-refractivity contribution < 1.29 is 14.3 Å².